The first-order chi connectivity index (χ1) is 16.6. The van der Waals surface area contributed by atoms with Crippen LogP contribution in [0.1, 0.15) is 55.7 Å². The lowest BCUT2D eigenvalue weighted by Crippen LogP contribution is -2.15. The summed E-state index contributed by atoms with van der Waals surface area (Å²) in [6.07, 6.45) is 8.56. The highest BCUT2D eigenvalue weighted by atomic mass is 16.6. The maximum atomic E-state index is 12.5. The number of methoxy groups -OCH3 is 1. The van der Waals surface area contributed by atoms with Gasteiger partial charge in [-0.15, -0.1) is 0 Å². The summed E-state index contributed by atoms with van der Waals surface area (Å²) in [6, 6.07) is 6.48. The number of hydrogen-bond donors (Lipinski definition) is 0. The summed E-state index contributed by atoms with van der Waals surface area (Å²) in [4.78, 5) is 22.9. The van der Waals surface area contributed by atoms with E-state index in [9.17, 15) is 14.9 Å². The lowest BCUT2D eigenvalue weighted by Gasteiger charge is -2.13. The number of nitrogens with zero attached hydrogens (tertiary/aromatic N) is 1. The van der Waals surface area contributed by atoms with Gasteiger partial charge < -0.3 is 13.9 Å². The minimum atomic E-state index is -0.404. The standard InChI is InChI=1S/C28H31NO6/c1-17(11-18(2)13-22-7-9-24(10-8-22)29(31)32)12-19(3)14-23-15-25(34-16-23)27-20(4)26(30)21(5)28(33-6)35-27/h7-14,25H,15-16H2,1-6H3/t25-/m0/s1. The van der Waals surface area contributed by atoms with Crippen LogP contribution in [0.3, 0.4) is 0 Å². The maximum absolute atomic E-state index is 12.5. The summed E-state index contributed by atoms with van der Waals surface area (Å²) in [5, 5.41) is 10.8. The lowest BCUT2D eigenvalue weighted by molar-refractivity contribution is -0.384. The van der Waals surface area contributed by atoms with Gasteiger partial charge in [0.15, 0.2) is 5.43 Å². The molecule has 1 aromatic heterocycles. The van der Waals surface area contributed by atoms with Crippen LogP contribution < -0.4 is 10.2 Å². The van der Waals surface area contributed by atoms with E-state index < -0.39 is 4.92 Å². The Labute approximate surface area is 205 Å². The number of nitro groups is 1. The summed E-state index contributed by atoms with van der Waals surface area (Å²) in [5.74, 6) is 0.746. The molecule has 0 radical (unpaired) electrons. The highest BCUT2D eigenvalue weighted by Crippen LogP contribution is 2.35. The van der Waals surface area contributed by atoms with Gasteiger partial charge in [-0.1, -0.05) is 41.0 Å². The smallest absolute Gasteiger partial charge is 0.291 e. The third kappa shape index (κ3) is 6.45. The summed E-state index contributed by atoms with van der Waals surface area (Å²) in [6.45, 7) is 9.97. The minimum Gasteiger partial charge on any atom is -0.468 e. The third-order valence-electron chi connectivity index (χ3n) is 5.80. The first-order valence-electron chi connectivity index (χ1n) is 11.4. The number of rotatable bonds is 7. The molecule has 1 aliphatic rings. The molecule has 7 heteroatoms. The molecular weight excluding hydrogens is 446 g/mol. The van der Waals surface area contributed by atoms with Gasteiger partial charge in [-0.2, -0.15) is 0 Å². The molecule has 0 N–H and O–H groups in total. The van der Waals surface area contributed by atoms with E-state index in [1.807, 2.05) is 26.8 Å². The Balaban J connectivity index is 1.71. The van der Waals surface area contributed by atoms with Crippen molar-refractivity contribution in [3.05, 3.63) is 108 Å². The van der Waals surface area contributed by atoms with E-state index in [-0.39, 0.29) is 23.2 Å². The minimum absolute atomic E-state index is 0.0788. The molecule has 0 amide bonds. The summed E-state index contributed by atoms with van der Waals surface area (Å²) >= 11 is 0. The van der Waals surface area contributed by atoms with Crippen LogP contribution in [0.25, 0.3) is 6.08 Å². The molecule has 2 aromatic rings. The van der Waals surface area contributed by atoms with Gasteiger partial charge in [0.05, 0.1) is 24.2 Å². The van der Waals surface area contributed by atoms with Crippen molar-refractivity contribution in [3.8, 4) is 5.95 Å². The van der Waals surface area contributed by atoms with Crippen LogP contribution in [0, 0.1) is 24.0 Å². The van der Waals surface area contributed by atoms with Crippen LogP contribution in [0.2, 0.25) is 0 Å². The number of non-ortho nitro benzene ring substituents is 1. The van der Waals surface area contributed by atoms with Crippen LogP contribution in [-0.2, 0) is 4.74 Å². The molecular formula is C28H31NO6. The Morgan fingerprint density at radius 2 is 1.71 bits per heavy atom. The summed E-state index contributed by atoms with van der Waals surface area (Å²) < 4.78 is 17.0. The summed E-state index contributed by atoms with van der Waals surface area (Å²) in [7, 11) is 1.48. The van der Waals surface area contributed by atoms with Crippen LogP contribution in [0.15, 0.2) is 74.0 Å². The van der Waals surface area contributed by atoms with Gasteiger partial charge >= 0.3 is 0 Å². The first-order valence-corrected chi connectivity index (χ1v) is 11.4. The molecule has 0 saturated carbocycles. The maximum Gasteiger partial charge on any atom is 0.291 e. The number of benzene rings is 1. The molecule has 0 spiro atoms. The van der Waals surface area contributed by atoms with E-state index in [0.29, 0.717) is 29.9 Å². The Hall–Kier alpha value is -3.71. The average Bonchev–Trinajstić information content (AvgIpc) is 3.25. The van der Waals surface area contributed by atoms with E-state index in [2.05, 4.69) is 18.2 Å². The second kappa shape index (κ2) is 11.1. The van der Waals surface area contributed by atoms with E-state index in [1.54, 1.807) is 26.0 Å². The average molecular weight is 478 g/mol. The van der Waals surface area contributed by atoms with Crippen molar-refractivity contribution in [2.24, 2.45) is 0 Å². The van der Waals surface area contributed by atoms with Crippen molar-refractivity contribution < 1.29 is 18.8 Å². The van der Waals surface area contributed by atoms with Crippen molar-refractivity contribution in [1.82, 2.24) is 0 Å². The van der Waals surface area contributed by atoms with Crippen molar-refractivity contribution in [2.75, 3.05) is 13.7 Å². The largest absolute Gasteiger partial charge is 0.468 e. The summed E-state index contributed by atoms with van der Waals surface area (Å²) in [5.41, 5.74) is 6.23. The zero-order valence-corrected chi connectivity index (χ0v) is 21.0. The van der Waals surface area contributed by atoms with Gasteiger partial charge in [-0.25, -0.2) is 0 Å². The first kappa shape index (κ1) is 25.9. The van der Waals surface area contributed by atoms with Crippen molar-refractivity contribution in [2.45, 2.75) is 47.1 Å². The normalized spacial score (nSPS) is 18.3. The van der Waals surface area contributed by atoms with Crippen molar-refractivity contribution in [3.63, 3.8) is 0 Å². The predicted molar refractivity (Wildman–Crippen MR) is 137 cm³/mol. The Morgan fingerprint density at radius 1 is 1.06 bits per heavy atom. The van der Waals surface area contributed by atoms with Gasteiger partial charge in [0.2, 0.25) is 0 Å². The highest BCUT2D eigenvalue weighted by molar-refractivity contribution is 5.57. The van der Waals surface area contributed by atoms with Gasteiger partial charge in [0, 0.05) is 24.1 Å². The molecule has 3 rings (SSSR count). The Morgan fingerprint density at radius 3 is 2.34 bits per heavy atom. The van der Waals surface area contributed by atoms with Gasteiger partial charge in [-0.05, 0) is 57.9 Å². The van der Waals surface area contributed by atoms with Gasteiger partial charge in [-0.3, -0.25) is 14.9 Å². The molecule has 35 heavy (non-hydrogen) atoms. The predicted octanol–water partition coefficient (Wildman–Crippen LogP) is 6.56. The van der Waals surface area contributed by atoms with Crippen molar-refractivity contribution >= 4 is 11.8 Å². The quantitative estimate of drug-likeness (QED) is 0.255. The molecule has 0 aliphatic carbocycles. The fraction of sp³-hybridized carbons (Fsp3) is 0.321. The SMILES string of the molecule is COc1oc([C@@H]2CC(=CC(C)=CC(C)=CC(C)=Cc3ccc([N+](=O)[O-])cc3)CO2)c(C)c(=O)c1C. The van der Waals surface area contributed by atoms with Gasteiger partial charge in [0.1, 0.15) is 11.9 Å². The van der Waals surface area contributed by atoms with Crippen LogP contribution in [0.5, 0.6) is 5.95 Å². The topological polar surface area (TPSA) is 91.8 Å². The van der Waals surface area contributed by atoms with Crippen molar-refractivity contribution in [1.29, 1.82) is 0 Å². The molecule has 184 valence electrons. The number of ether oxygens (including phenoxy) is 2. The van der Waals surface area contributed by atoms with E-state index >= 15 is 0 Å². The molecule has 1 aliphatic heterocycles. The number of hydrogen-bond acceptors (Lipinski definition) is 6. The third-order valence-corrected chi connectivity index (χ3v) is 5.80. The molecule has 2 heterocycles. The number of allylic oxidation sites excluding steroid dienone is 6. The Bertz CT molecular complexity index is 1290. The van der Waals surface area contributed by atoms with Crippen LogP contribution in [-0.4, -0.2) is 18.6 Å². The zero-order valence-electron chi connectivity index (χ0n) is 21.0. The van der Waals surface area contributed by atoms with E-state index in [1.165, 1.54) is 19.2 Å². The molecule has 1 saturated heterocycles. The fourth-order valence-corrected chi connectivity index (χ4v) is 4.19. The number of nitro benzene ring substituents is 1. The van der Waals surface area contributed by atoms with Crippen LogP contribution >= 0.6 is 0 Å². The monoisotopic (exact) mass is 477 g/mol. The fourth-order valence-electron chi connectivity index (χ4n) is 4.19. The van der Waals surface area contributed by atoms with E-state index in [4.69, 9.17) is 13.9 Å². The molecule has 7 nitrogen and oxygen atoms in total. The molecule has 0 bridgehead atoms. The molecule has 1 fully saturated rings. The molecule has 0 unspecified atom stereocenters. The Kier molecular flexibility index (Phi) is 8.25. The zero-order chi connectivity index (χ0) is 25.7. The molecule has 1 atom stereocenters. The molecule has 1 aromatic carbocycles. The second-order valence-corrected chi connectivity index (χ2v) is 8.86. The van der Waals surface area contributed by atoms with Crippen LogP contribution in [0.4, 0.5) is 5.69 Å². The second-order valence-electron chi connectivity index (χ2n) is 8.86. The van der Waals surface area contributed by atoms with Gasteiger partial charge in [0.25, 0.3) is 11.6 Å². The lowest BCUT2D eigenvalue weighted by atomic mass is 10.0. The highest BCUT2D eigenvalue weighted by Gasteiger charge is 2.28. The van der Waals surface area contributed by atoms with E-state index in [0.717, 1.165) is 27.9 Å².